The molecule has 0 aromatic heterocycles. The Morgan fingerprint density at radius 3 is 2.70 bits per heavy atom. The minimum atomic E-state index is -3.45. The first-order chi connectivity index (χ1) is 12.8. The van der Waals surface area contributed by atoms with Gasteiger partial charge in [-0.05, 0) is 17.7 Å². The van der Waals surface area contributed by atoms with Crippen molar-refractivity contribution in [3.05, 3.63) is 59.8 Å². The van der Waals surface area contributed by atoms with E-state index in [0.29, 0.717) is 6.54 Å². The number of fused-ring (bicyclic) bond motifs is 1. The van der Waals surface area contributed by atoms with Gasteiger partial charge in [0.1, 0.15) is 5.84 Å². The lowest BCUT2D eigenvalue weighted by Gasteiger charge is -2.26. The van der Waals surface area contributed by atoms with Crippen molar-refractivity contribution in [1.29, 1.82) is 0 Å². The highest BCUT2D eigenvalue weighted by Crippen LogP contribution is 2.16. The number of hydrogen-bond donors (Lipinski definition) is 0. The summed E-state index contributed by atoms with van der Waals surface area (Å²) in [5.74, 6) is -0.832. The molecule has 0 radical (unpaired) electrons. The van der Waals surface area contributed by atoms with E-state index in [2.05, 4.69) is 4.40 Å². The Balaban J connectivity index is 1.55. The molecule has 2 heterocycles. The van der Waals surface area contributed by atoms with Gasteiger partial charge in [-0.25, -0.2) is 13.2 Å². The predicted octanol–water partition coefficient (Wildman–Crippen LogP) is 0.686. The second-order valence-corrected chi connectivity index (χ2v) is 7.91. The number of esters is 1. The van der Waals surface area contributed by atoms with Gasteiger partial charge < -0.3 is 14.5 Å². The van der Waals surface area contributed by atoms with E-state index in [1.54, 1.807) is 11.9 Å². The Labute approximate surface area is 157 Å². The van der Waals surface area contributed by atoms with Gasteiger partial charge in [-0.3, -0.25) is 4.79 Å². The van der Waals surface area contributed by atoms with Crippen molar-refractivity contribution in [3.63, 3.8) is 0 Å². The van der Waals surface area contributed by atoms with Crippen LogP contribution in [0.3, 0.4) is 0 Å². The van der Waals surface area contributed by atoms with E-state index in [1.807, 2.05) is 30.3 Å². The van der Waals surface area contributed by atoms with E-state index in [1.165, 1.54) is 23.3 Å². The molecule has 0 saturated heterocycles. The monoisotopic (exact) mass is 389 g/mol. The van der Waals surface area contributed by atoms with Crippen molar-refractivity contribution in [2.45, 2.75) is 6.54 Å². The zero-order chi connectivity index (χ0) is 19.4. The first-order valence-corrected chi connectivity index (χ1v) is 9.89. The van der Waals surface area contributed by atoms with E-state index < -0.39 is 16.0 Å². The Bertz CT molecular complexity index is 935. The van der Waals surface area contributed by atoms with Crippen molar-refractivity contribution < 1.29 is 22.7 Å². The summed E-state index contributed by atoms with van der Waals surface area (Å²) in [6, 6.07) is 9.49. The summed E-state index contributed by atoms with van der Waals surface area (Å²) in [4.78, 5) is 27.4. The van der Waals surface area contributed by atoms with Crippen LogP contribution < -0.4 is 0 Å². The number of sulfonamides is 1. The molecule has 2 aliphatic heterocycles. The molecule has 0 aliphatic carbocycles. The van der Waals surface area contributed by atoms with Crippen molar-refractivity contribution >= 4 is 27.7 Å². The Hall–Kier alpha value is -2.94. The SMILES string of the molecule is CN(Cc1ccccc1)C(=O)COC(=O)C1=CN2CCS(=O)(=O)N=C2C=C1. The second-order valence-electron chi connectivity index (χ2n) is 6.16. The van der Waals surface area contributed by atoms with Crippen LogP contribution in [0.4, 0.5) is 0 Å². The molecule has 0 atom stereocenters. The number of amidine groups is 1. The van der Waals surface area contributed by atoms with Crippen LogP contribution in [0.25, 0.3) is 0 Å². The zero-order valence-electron chi connectivity index (χ0n) is 14.7. The number of carbonyl (C=O) groups is 2. The third-order valence-electron chi connectivity index (χ3n) is 4.07. The lowest BCUT2D eigenvalue weighted by atomic mass is 10.2. The van der Waals surface area contributed by atoms with E-state index in [0.717, 1.165) is 5.56 Å². The molecule has 27 heavy (non-hydrogen) atoms. The van der Waals surface area contributed by atoms with Gasteiger partial charge in [0, 0.05) is 26.3 Å². The van der Waals surface area contributed by atoms with E-state index in [-0.39, 0.29) is 36.2 Å². The lowest BCUT2D eigenvalue weighted by molar-refractivity contribution is -0.148. The van der Waals surface area contributed by atoms with Crippen LogP contribution in [0.15, 0.2) is 58.7 Å². The average Bonchev–Trinajstić information content (AvgIpc) is 2.65. The maximum atomic E-state index is 12.2. The van der Waals surface area contributed by atoms with Crippen molar-refractivity contribution in [1.82, 2.24) is 9.80 Å². The standard InChI is InChI=1S/C18H19N3O5S/c1-20(11-14-5-3-2-4-6-14)17(22)13-26-18(23)15-7-8-16-19-27(24,25)10-9-21(16)12-15/h2-8,12H,9-11,13H2,1H3. The van der Waals surface area contributed by atoms with Crippen LogP contribution in [-0.4, -0.2) is 61.9 Å². The topological polar surface area (TPSA) is 96.4 Å². The average molecular weight is 389 g/mol. The first kappa shape index (κ1) is 18.8. The molecule has 1 amide bonds. The third-order valence-corrected chi connectivity index (χ3v) is 5.24. The number of amides is 1. The lowest BCUT2D eigenvalue weighted by Crippen LogP contribution is -2.37. The molecule has 0 unspecified atom stereocenters. The van der Waals surface area contributed by atoms with E-state index in [9.17, 15) is 18.0 Å². The van der Waals surface area contributed by atoms with Crippen LogP contribution in [0.5, 0.6) is 0 Å². The van der Waals surface area contributed by atoms with E-state index >= 15 is 0 Å². The molecular formula is C18H19N3O5S. The van der Waals surface area contributed by atoms with Gasteiger partial charge in [-0.1, -0.05) is 30.3 Å². The number of ether oxygens (including phenoxy) is 1. The van der Waals surface area contributed by atoms with Gasteiger partial charge >= 0.3 is 5.97 Å². The summed E-state index contributed by atoms with van der Waals surface area (Å²) in [5.41, 5.74) is 1.20. The molecule has 0 bridgehead atoms. The Kier molecular flexibility index (Phi) is 5.41. The number of likely N-dealkylation sites (N-methyl/N-ethyl adjacent to an activating group) is 1. The zero-order valence-corrected chi connectivity index (χ0v) is 15.6. The van der Waals surface area contributed by atoms with Crippen LogP contribution >= 0.6 is 0 Å². The quantitative estimate of drug-likeness (QED) is 0.688. The molecule has 1 aromatic carbocycles. The molecule has 3 rings (SSSR count). The fourth-order valence-electron chi connectivity index (χ4n) is 2.59. The fraction of sp³-hybridized carbons (Fsp3) is 0.278. The number of nitrogens with zero attached hydrogens (tertiary/aromatic N) is 3. The number of benzene rings is 1. The van der Waals surface area contributed by atoms with Crippen molar-refractivity contribution in [2.75, 3.05) is 26.0 Å². The molecule has 8 nitrogen and oxygen atoms in total. The molecule has 0 fully saturated rings. The molecule has 2 aliphatic rings. The predicted molar refractivity (Wildman–Crippen MR) is 99.0 cm³/mol. The Morgan fingerprint density at radius 2 is 1.96 bits per heavy atom. The van der Waals surface area contributed by atoms with Crippen LogP contribution in [-0.2, 0) is 30.9 Å². The normalized spacial score (nSPS) is 17.4. The van der Waals surface area contributed by atoms with Crippen molar-refractivity contribution in [3.8, 4) is 0 Å². The van der Waals surface area contributed by atoms with Gasteiger partial charge in [0.05, 0.1) is 11.3 Å². The molecule has 9 heteroatoms. The van der Waals surface area contributed by atoms with Gasteiger partial charge in [0.25, 0.3) is 15.9 Å². The highest BCUT2D eigenvalue weighted by atomic mass is 32.2. The maximum absolute atomic E-state index is 12.2. The highest BCUT2D eigenvalue weighted by Gasteiger charge is 2.25. The molecule has 0 spiro atoms. The van der Waals surface area contributed by atoms with Gasteiger partial charge in [0.2, 0.25) is 0 Å². The minimum Gasteiger partial charge on any atom is -0.452 e. The minimum absolute atomic E-state index is 0.119. The van der Waals surface area contributed by atoms with Gasteiger partial charge in [-0.2, -0.15) is 0 Å². The number of carbonyl (C=O) groups excluding carboxylic acids is 2. The summed E-state index contributed by atoms with van der Waals surface area (Å²) in [6.45, 7) is 0.256. The van der Waals surface area contributed by atoms with Gasteiger partial charge in [0.15, 0.2) is 6.61 Å². The smallest absolute Gasteiger partial charge is 0.340 e. The summed E-state index contributed by atoms with van der Waals surface area (Å²) < 4.78 is 31.7. The van der Waals surface area contributed by atoms with Crippen LogP contribution in [0.1, 0.15) is 5.56 Å². The van der Waals surface area contributed by atoms with Crippen LogP contribution in [0.2, 0.25) is 0 Å². The molecular weight excluding hydrogens is 370 g/mol. The molecule has 0 saturated carbocycles. The third kappa shape index (κ3) is 4.82. The van der Waals surface area contributed by atoms with E-state index in [4.69, 9.17) is 4.74 Å². The largest absolute Gasteiger partial charge is 0.452 e. The Morgan fingerprint density at radius 1 is 1.22 bits per heavy atom. The summed E-state index contributed by atoms with van der Waals surface area (Å²) in [6.07, 6.45) is 4.35. The summed E-state index contributed by atoms with van der Waals surface area (Å²) in [5, 5.41) is 0. The number of rotatable bonds is 5. The molecule has 142 valence electrons. The summed E-state index contributed by atoms with van der Waals surface area (Å²) in [7, 11) is -1.81. The second kappa shape index (κ2) is 7.75. The molecule has 0 N–H and O–H groups in total. The maximum Gasteiger partial charge on any atom is 0.340 e. The van der Waals surface area contributed by atoms with Crippen molar-refractivity contribution in [2.24, 2.45) is 4.40 Å². The molecule has 1 aromatic rings. The number of hydrogen-bond acceptors (Lipinski definition) is 6. The fourth-order valence-corrected chi connectivity index (χ4v) is 3.56. The first-order valence-electron chi connectivity index (χ1n) is 8.28. The summed E-state index contributed by atoms with van der Waals surface area (Å²) >= 11 is 0. The van der Waals surface area contributed by atoms with Crippen LogP contribution in [0, 0.1) is 0 Å². The van der Waals surface area contributed by atoms with Gasteiger partial charge in [-0.15, -0.1) is 4.40 Å². The highest BCUT2D eigenvalue weighted by molar-refractivity contribution is 7.90.